The number of hydrogen-bond donors (Lipinski definition) is 3. The highest BCUT2D eigenvalue weighted by atomic mass is 16.1. The Morgan fingerprint density at radius 1 is 1.39 bits per heavy atom. The van der Waals surface area contributed by atoms with Crippen LogP contribution in [-0.2, 0) is 7.05 Å². The third-order valence-electron chi connectivity index (χ3n) is 2.32. The molecule has 0 radical (unpaired) electrons. The molecule has 0 aliphatic carbocycles. The van der Waals surface area contributed by atoms with E-state index >= 15 is 0 Å². The number of nitrogens with two attached hydrogens (primary N) is 1. The minimum atomic E-state index is -0.254. The fraction of sp³-hybridized carbons (Fsp3) is 0.182. The highest BCUT2D eigenvalue weighted by Gasteiger charge is 2.09. The molecule has 7 heteroatoms. The van der Waals surface area contributed by atoms with Crippen molar-refractivity contribution in [2.24, 2.45) is 12.9 Å². The Kier molecular flexibility index (Phi) is 3.24. The maximum atomic E-state index is 12.0. The van der Waals surface area contributed by atoms with E-state index in [4.69, 9.17) is 5.84 Å². The van der Waals surface area contributed by atoms with Crippen molar-refractivity contribution in [1.29, 1.82) is 0 Å². The summed E-state index contributed by atoms with van der Waals surface area (Å²) in [6, 6.07) is 4.97. The van der Waals surface area contributed by atoms with Crippen molar-refractivity contribution < 1.29 is 4.79 Å². The number of pyridine rings is 1. The molecule has 0 fully saturated rings. The van der Waals surface area contributed by atoms with Gasteiger partial charge >= 0.3 is 0 Å². The Labute approximate surface area is 104 Å². The first kappa shape index (κ1) is 12.1. The number of carbonyl (C=O) groups excluding carboxylic acids is 1. The second-order valence-electron chi connectivity index (χ2n) is 3.86. The van der Waals surface area contributed by atoms with Crippen LogP contribution in [-0.4, -0.2) is 20.7 Å². The monoisotopic (exact) mass is 246 g/mol. The minimum Gasteiger partial charge on any atom is -0.308 e. The van der Waals surface area contributed by atoms with Crippen LogP contribution in [0.5, 0.6) is 0 Å². The molecule has 2 heterocycles. The molecule has 2 aromatic rings. The largest absolute Gasteiger partial charge is 0.308 e. The summed E-state index contributed by atoms with van der Waals surface area (Å²) in [4.78, 5) is 16.1. The van der Waals surface area contributed by atoms with Crippen molar-refractivity contribution in [3.05, 3.63) is 35.7 Å². The summed E-state index contributed by atoms with van der Waals surface area (Å²) >= 11 is 0. The van der Waals surface area contributed by atoms with E-state index in [9.17, 15) is 4.79 Å². The van der Waals surface area contributed by atoms with E-state index in [0.717, 1.165) is 0 Å². The van der Waals surface area contributed by atoms with Gasteiger partial charge in [0.15, 0.2) is 5.82 Å². The maximum Gasteiger partial charge on any atom is 0.257 e. The molecule has 0 saturated heterocycles. The van der Waals surface area contributed by atoms with Gasteiger partial charge in [-0.25, -0.2) is 10.8 Å². The molecule has 94 valence electrons. The molecule has 4 N–H and O–H groups in total. The van der Waals surface area contributed by atoms with E-state index in [1.54, 1.807) is 43.0 Å². The van der Waals surface area contributed by atoms with Crippen LogP contribution in [0.2, 0.25) is 0 Å². The summed E-state index contributed by atoms with van der Waals surface area (Å²) in [5.41, 5.74) is 3.60. The predicted octanol–water partition coefficient (Wildman–Crippen LogP) is 0.661. The number of carbonyl (C=O) groups is 1. The molecule has 0 aliphatic heterocycles. The summed E-state index contributed by atoms with van der Waals surface area (Å²) in [6.45, 7) is 1.79. The van der Waals surface area contributed by atoms with Crippen LogP contribution in [0.3, 0.4) is 0 Å². The van der Waals surface area contributed by atoms with Gasteiger partial charge < -0.3 is 10.7 Å². The summed E-state index contributed by atoms with van der Waals surface area (Å²) in [5.74, 6) is 5.97. The molecule has 0 bridgehead atoms. The molecule has 18 heavy (non-hydrogen) atoms. The number of aryl methyl sites for hydroxylation is 2. The number of rotatable bonds is 3. The average Bonchev–Trinajstić information content (AvgIpc) is 2.73. The number of hydrogen-bond acceptors (Lipinski definition) is 5. The average molecular weight is 246 g/mol. The van der Waals surface area contributed by atoms with Gasteiger partial charge in [0.25, 0.3) is 5.91 Å². The first-order chi connectivity index (χ1) is 8.58. The fourth-order valence-corrected chi connectivity index (χ4v) is 1.54. The minimum absolute atomic E-state index is 0.254. The zero-order valence-corrected chi connectivity index (χ0v) is 10.1. The highest BCUT2D eigenvalue weighted by molar-refractivity contribution is 6.04. The molecule has 7 nitrogen and oxygen atoms in total. The van der Waals surface area contributed by atoms with E-state index in [2.05, 4.69) is 20.8 Å². The zero-order chi connectivity index (χ0) is 13.1. The van der Waals surface area contributed by atoms with Crippen molar-refractivity contribution in [3.8, 4) is 0 Å². The number of amides is 1. The van der Waals surface area contributed by atoms with Gasteiger partial charge in [-0.3, -0.25) is 9.48 Å². The van der Waals surface area contributed by atoms with Crippen molar-refractivity contribution in [3.63, 3.8) is 0 Å². The Morgan fingerprint density at radius 2 is 2.17 bits per heavy atom. The van der Waals surface area contributed by atoms with Gasteiger partial charge in [0.1, 0.15) is 5.82 Å². The van der Waals surface area contributed by atoms with E-state index in [0.29, 0.717) is 22.9 Å². The first-order valence-electron chi connectivity index (χ1n) is 5.35. The quantitative estimate of drug-likeness (QED) is 0.546. The van der Waals surface area contributed by atoms with E-state index in [1.807, 2.05) is 0 Å². The van der Waals surface area contributed by atoms with Crippen LogP contribution < -0.4 is 16.6 Å². The lowest BCUT2D eigenvalue weighted by atomic mass is 10.2. The van der Waals surface area contributed by atoms with Gasteiger partial charge in [0.05, 0.1) is 0 Å². The smallest absolute Gasteiger partial charge is 0.257 e. The Hall–Kier alpha value is -2.41. The number of anilines is 2. The van der Waals surface area contributed by atoms with E-state index in [-0.39, 0.29) is 5.91 Å². The molecule has 2 rings (SSSR count). The molecular formula is C11H14N6O. The second-order valence-corrected chi connectivity index (χ2v) is 3.86. The van der Waals surface area contributed by atoms with Crippen LogP contribution in [0.15, 0.2) is 24.4 Å². The molecule has 0 spiro atoms. The van der Waals surface area contributed by atoms with E-state index < -0.39 is 0 Å². The molecule has 0 atom stereocenters. The van der Waals surface area contributed by atoms with E-state index in [1.165, 1.54) is 0 Å². The summed E-state index contributed by atoms with van der Waals surface area (Å²) in [5, 5.41) is 6.76. The predicted molar refractivity (Wildman–Crippen MR) is 67.9 cm³/mol. The lowest BCUT2D eigenvalue weighted by molar-refractivity contribution is 0.102. The standard InChI is InChI=1S/C11H14N6O/c1-7-5-8(6-10(13-7)15-12)11(18)14-9-3-4-17(2)16-9/h3-6H,12H2,1-2H3,(H,13,15)(H,14,16,18). The Bertz CT molecular complexity index is 577. The molecule has 0 unspecified atom stereocenters. The number of nitrogens with one attached hydrogen (secondary N) is 2. The second kappa shape index (κ2) is 4.84. The molecule has 0 saturated carbocycles. The number of nitrogens with zero attached hydrogens (tertiary/aromatic N) is 3. The molecular weight excluding hydrogens is 232 g/mol. The normalized spacial score (nSPS) is 10.2. The molecule has 0 aromatic carbocycles. The highest BCUT2D eigenvalue weighted by Crippen LogP contribution is 2.11. The molecule has 1 amide bonds. The van der Waals surface area contributed by atoms with Gasteiger partial charge in [-0.1, -0.05) is 0 Å². The summed E-state index contributed by atoms with van der Waals surface area (Å²) in [7, 11) is 1.78. The van der Waals surface area contributed by atoms with Gasteiger partial charge in [-0.05, 0) is 19.1 Å². The SMILES string of the molecule is Cc1cc(C(=O)Nc2ccn(C)n2)cc(NN)n1. The number of nitrogen functional groups attached to an aromatic ring is 1. The van der Waals surface area contributed by atoms with Crippen molar-refractivity contribution in [2.75, 3.05) is 10.7 Å². The van der Waals surface area contributed by atoms with Crippen LogP contribution in [0, 0.1) is 6.92 Å². The number of hydrazine groups is 1. The Balaban J connectivity index is 2.20. The maximum absolute atomic E-state index is 12.0. The molecule has 0 aliphatic rings. The van der Waals surface area contributed by atoms with Gasteiger partial charge in [-0.15, -0.1) is 0 Å². The fourth-order valence-electron chi connectivity index (χ4n) is 1.54. The third kappa shape index (κ3) is 2.64. The lowest BCUT2D eigenvalue weighted by Gasteiger charge is -2.06. The first-order valence-corrected chi connectivity index (χ1v) is 5.35. The molecule has 2 aromatic heterocycles. The van der Waals surface area contributed by atoms with Crippen molar-refractivity contribution >= 4 is 17.5 Å². The van der Waals surface area contributed by atoms with Crippen LogP contribution >= 0.6 is 0 Å². The van der Waals surface area contributed by atoms with Gasteiger partial charge in [-0.2, -0.15) is 5.10 Å². The summed E-state index contributed by atoms with van der Waals surface area (Å²) < 4.78 is 1.61. The van der Waals surface area contributed by atoms with Crippen LogP contribution in [0.1, 0.15) is 16.1 Å². The summed E-state index contributed by atoms with van der Waals surface area (Å²) in [6.07, 6.45) is 1.75. The third-order valence-corrected chi connectivity index (χ3v) is 2.32. The van der Waals surface area contributed by atoms with Crippen molar-refractivity contribution in [1.82, 2.24) is 14.8 Å². The van der Waals surface area contributed by atoms with Crippen LogP contribution in [0.25, 0.3) is 0 Å². The zero-order valence-electron chi connectivity index (χ0n) is 10.1. The van der Waals surface area contributed by atoms with Crippen LogP contribution in [0.4, 0.5) is 11.6 Å². The Morgan fingerprint density at radius 3 is 2.78 bits per heavy atom. The topological polar surface area (TPSA) is 97.9 Å². The van der Waals surface area contributed by atoms with Crippen molar-refractivity contribution in [2.45, 2.75) is 6.92 Å². The number of aromatic nitrogens is 3. The van der Waals surface area contributed by atoms with Gasteiger partial charge in [0.2, 0.25) is 0 Å². The van der Waals surface area contributed by atoms with Gasteiger partial charge in [0, 0.05) is 30.6 Å². The lowest BCUT2D eigenvalue weighted by Crippen LogP contribution is -2.15.